The molecule has 8 heteroatoms. The Morgan fingerprint density at radius 1 is 1.20 bits per heavy atom. The van der Waals surface area contributed by atoms with Crippen LogP contribution in [0.2, 0.25) is 0 Å². The maximum Gasteiger partial charge on any atom is 0.266 e. The highest BCUT2D eigenvalue weighted by molar-refractivity contribution is 5.97. The summed E-state index contributed by atoms with van der Waals surface area (Å²) in [4.78, 5) is 30.9. The summed E-state index contributed by atoms with van der Waals surface area (Å²) in [6.07, 6.45) is 1.95. The van der Waals surface area contributed by atoms with Crippen LogP contribution < -0.4 is 4.74 Å². The number of hydrazone groups is 1. The molecule has 1 atom stereocenters. The van der Waals surface area contributed by atoms with Crippen LogP contribution in [0.4, 0.5) is 0 Å². The minimum Gasteiger partial charge on any atom is -0.504 e. The molecule has 0 spiro atoms. The summed E-state index contributed by atoms with van der Waals surface area (Å²) in [7, 11) is 1.46. The number of amides is 2. The van der Waals surface area contributed by atoms with Crippen LogP contribution in [0.25, 0.3) is 10.9 Å². The standard InChI is InChI=1S/C22H20N4O4/c1-30-20-8-13(6-7-19(20)27)10-23-26-12-21(28)25-11-17-15(9-18(25)22(26)29)14-4-2-3-5-16(14)24-17/h2-8,10,18,24,27H,9,11-12H2,1H3/b23-10+. The van der Waals surface area contributed by atoms with Gasteiger partial charge in [-0.25, -0.2) is 5.01 Å². The largest absolute Gasteiger partial charge is 0.504 e. The summed E-state index contributed by atoms with van der Waals surface area (Å²) in [5, 5.41) is 16.3. The second-order valence-corrected chi connectivity index (χ2v) is 7.44. The lowest BCUT2D eigenvalue weighted by molar-refractivity contribution is -0.157. The number of rotatable bonds is 3. The first kappa shape index (κ1) is 18.2. The number of ether oxygens (including phenoxy) is 1. The fraction of sp³-hybridized carbons (Fsp3) is 0.227. The lowest BCUT2D eigenvalue weighted by Gasteiger charge is -2.40. The molecule has 30 heavy (non-hydrogen) atoms. The third kappa shape index (κ3) is 2.88. The zero-order valence-electron chi connectivity index (χ0n) is 16.3. The molecule has 1 unspecified atom stereocenters. The molecule has 0 aliphatic carbocycles. The number of nitrogens with one attached hydrogen (secondary N) is 1. The molecular formula is C22H20N4O4. The van der Waals surface area contributed by atoms with Gasteiger partial charge in [0.05, 0.1) is 19.9 Å². The summed E-state index contributed by atoms with van der Waals surface area (Å²) < 4.78 is 5.09. The molecule has 0 bridgehead atoms. The number of methoxy groups -OCH3 is 1. The van der Waals surface area contributed by atoms with Crippen LogP contribution in [0.3, 0.4) is 0 Å². The number of piperazine rings is 1. The van der Waals surface area contributed by atoms with Gasteiger partial charge >= 0.3 is 0 Å². The van der Waals surface area contributed by atoms with Gasteiger partial charge in [-0.05, 0) is 35.4 Å². The minimum absolute atomic E-state index is 0.0197. The number of aromatic hydroxyl groups is 1. The summed E-state index contributed by atoms with van der Waals surface area (Å²) in [5.74, 6) is -0.00607. The van der Waals surface area contributed by atoms with Crippen molar-refractivity contribution in [1.29, 1.82) is 0 Å². The number of phenolic OH excluding ortho intramolecular Hbond substituents is 1. The van der Waals surface area contributed by atoms with E-state index in [1.54, 1.807) is 17.0 Å². The second kappa shape index (κ2) is 6.91. The summed E-state index contributed by atoms with van der Waals surface area (Å²) in [6, 6.07) is 12.2. The molecule has 5 rings (SSSR count). The van der Waals surface area contributed by atoms with Crippen molar-refractivity contribution < 1.29 is 19.4 Å². The van der Waals surface area contributed by atoms with Gasteiger partial charge < -0.3 is 19.7 Å². The number of carbonyl (C=O) groups excluding carboxylic acids is 2. The van der Waals surface area contributed by atoms with E-state index in [2.05, 4.69) is 10.1 Å². The summed E-state index contributed by atoms with van der Waals surface area (Å²) >= 11 is 0. The van der Waals surface area contributed by atoms with Crippen LogP contribution in [0.15, 0.2) is 47.6 Å². The molecule has 152 valence electrons. The molecule has 1 aromatic heterocycles. The van der Waals surface area contributed by atoms with E-state index in [1.807, 2.05) is 24.3 Å². The fourth-order valence-corrected chi connectivity index (χ4v) is 4.17. The average Bonchev–Trinajstić information content (AvgIpc) is 3.13. The van der Waals surface area contributed by atoms with Gasteiger partial charge in [0.25, 0.3) is 5.91 Å². The van der Waals surface area contributed by atoms with Crippen LogP contribution in [0, 0.1) is 0 Å². The van der Waals surface area contributed by atoms with Gasteiger partial charge in [-0.2, -0.15) is 5.10 Å². The minimum atomic E-state index is -0.565. The molecule has 2 amide bonds. The average molecular weight is 404 g/mol. The Bertz CT molecular complexity index is 1200. The summed E-state index contributed by atoms with van der Waals surface area (Å²) in [5.41, 5.74) is 3.73. The molecule has 2 N–H and O–H groups in total. The van der Waals surface area contributed by atoms with Gasteiger partial charge in [-0.1, -0.05) is 18.2 Å². The molecule has 2 aliphatic rings. The number of fused-ring (bicyclic) bond motifs is 4. The first-order valence-electron chi connectivity index (χ1n) is 9.65. The quantitative estimate of drug-likeness (QED) is 0.653. The van der Waals surface area contributed by atoms with Crippen LogP contribution in [-0.2, 0) is 22.6 Å². The second-order valence-electron chi connectivity index (χ2n) is 7.44. The molecule has 0 saturated carbocycles. The maximum absolute atomic E-state index is 13.1. The molecule has 2 aliphatic heterocycles. The number of benzene rings is 2. The number of nitrogens with zero attached hydrogens (tertiary/aromatic N) is 3. The Balaban J connectivity index is 1.42. The number of phenols is 1. The van der Waals surface area contributed by atoms with E-state index in [9.17, 15) is 14.7 Å². The lowest BCUT2D eigenvalue weighted by atomic mass is 9.94. The van der Waals surface area contributed by atoms with Crippen molar-refractivity contribution in [3.63, 3.8) is 0 Å². The first-order valence-corrected chi connectivity index (χ1v) is 9.65. The monoisotopic (exact) mass is 404 g/mol. The molecule has 3 heterocycles. The number of hydrogen-bond acceptors (Lipinski definition) is 5. The van der Waals surface area contributed by atoms with Gasteiger partial charge in [-0.15, -0.1) is 0 Å². The van der Waals surface area contributed by atoms with E-state index in [0.717, 1.165) is 22.2 Å². The molecule has 2 aromatic carbocycles. The molecule has 3 aromatic rings. The number of para-hydroxylation sites is 1. The van der Waals surface area contributed by atoms with E-state index < -0.39 is 6.04 Å². The first-order chi connectivity index (χ1) is 14.5. The molecule has 1 saturated heterocycles. The predicted molar refractivity (Wildman–Crippen MR) is 110 cm³/mol. The zero-order chi connectivity index (χ0) is 20.8. The Morgan fingerprint density at radius 2 is 2.03 bits per heavy atom. The summed E-state index contributed by atoms with van der Waals surface area (Å²) in [6.45, 7) is 0.294. The Hall–Kier alpha value is -3.81. The molecule has 1 fully saturated rings. The zero-order valence-corrected chi connectivity index (χ0v) is 16.3. The molecule has 8 nitrogen and oxygen atoms in total. The van der Waals surface area contributed by atoms with E-state index >= 15 is 0 Å². The van der Waals surface area contributed by atoms with E-state index in [4.69, 9.17) is 4.74 Å². The predicted octanol–water partition coefficient (Wildman–Crippen LogP) is 2.01. The van der Waals surface area contributed by atoms with Gasteiger partial charge in [0.2, 0.25) is 5.91 Å². The number of hydrogen-bond donors (Lipinski definition) is 2. The van der Waals surface area contributed by atoms with Gasteiger partial charge in [0.15, 0.2) is 11.5 Å². The topological polar surface area (TPSA) is 98.2 Å². The smallest absolute Gasteiger partial charge is 0.266 e. The number of carbonyl (C=O) groups is 2. The lowest BCUT2D eigenvalue weighted by Crippen LogP contribution is -2.60. The van der Waals surface area contributed by atoms with Gasteiger partial charge in [-0.3, -0.25) is 9.59 Å². The number of aromatic amines is 1. The van der Waals surface area contributed by atoms with E-state index in [0.29, 0.717) is 24.3 Å². The van der Waals surface area contributed by atoms with E-state index in [-0.39, 0.29) is 24.1 Å². The van der Waals surface area contributed by atoms with Crippen molar-refractivity contribution >= 4 is 28.9 Å². The highest BCUT2D eigenvalue weighted by Gasteiger charge is 2.43. The van der Waals surface area contributed by atoms with Gasteiger partial charge in [0.1, 0.15) is 12.6 Å². The Morgan fingerprint density at radius 3 is 2.87 bits per heavy atom. The van der Waals surface area contributed by atoms with Gasteiger partial charge in [0, 0.05) is 23.0 Å². The van der Waals surface area contributed by atoms with Crippen LogP contribution in [-0.4, -0.2) is 57.7 Å². The number of H-pyrrole nitrogens is 1. The van der Waals surface area contributed by atoms with Crippen molar-refractivity contribution in [3.8, 4) is 11.5 Å². The highest BCUT2D eigenvalue weighted by atomic mass is 16.5. The van der Waals surface area contributed by atoms with Crippen LogP contribution in [0.5, 0.6) is 11.5 Å². The number of aromatic nitrogens is 1. The highest BCUT2D eigenvalue weighted by Crippen LogP contribution is 2.32. The molecule has 0 radical (unpaired) electrons. The SMILES string of the molecule is COc1cc(/C=N/N2CC(=O)N3Cc4[nH]c5ccccc5c4CC3C2=O)ccc1O. The third-order valence-electron chi connectivity index (χ3n) is 5.70. The van der Waals surface area contributed by atoms with Crippen molar-refractivity contribution in [2.75, 3.05) is 13.7 Å². The normalized spacial score (nSPS) is 18.8. The molecular weight excluding hydrogens is 384 g/mol. The van der Waals surface area contributed by atoms with Crippen molar-refractivity contribution in [2.45, 2.75) is 19.0 Å². The Kier molecular flexibility index (Phi) is 4.20. The maximum atomic E-state index is 13.1. The third-order valence-corrected chi connectivity index (χ3v) is 5.70. The Labute approximate surface area is 172 Å². The van der Waals surface area contributed by atoms with Crippen LogP contribution >= 0.6 is 0 Å². The van der Waals surface area contributed by atoms with E-state index in [1.165, 1.54) is 24.4 Å². The van der Waals surface area contributed by atoms with Crippen LogP contribution in [0.1, 0.15) is 16.8 Å². The van der Waals surface area contributed by atoms with Crippen molar-refractivity contribution in [2.24, 2.45) is 5.10 Å². The fourth-order valence-electron chi connectivity index (χ4n) is 4.17. The van der Waals surface area contributed by atoms with Crippen molar-refractivity contribution in [3.05, 3.63) is 59.3 Å². The van der Waals surface area contributed by atoms with Crippen molar-refractivity contribution in [1.82, 2.24) is 14.9 Å².